The minimum absolute atomic E-state index is 0.0226. The number of carbonyl (C=O) groups excluding carboxylic acids is 2. The summed E-state index contributed by atoms with van der Waals surface area (Å²) in [4.78, 5) is 28.7. The Balaban J connectivity index is 1.57. The molecule has 3 rings (SSSR count). The highest BCUT2D eigenvalue weighted by Gasteiger charge is 2.27. The van der Waals surface area contributed by atoms with Crippen LogP contribution in [0.2, 0.25) is 0 Å². The number of halogens is 2. The van der Waals surface area contributed by atoms with Crippen LogP contribution in [-0.2, 0) is 4.79 Å². The molecule has 140 valence electrons. The largest absolute Gasteiger partial charge is 0.435 e. The number of nitrogens with zero attached hydrogens (tertiary/aromatic N) is 2. The summed E-state index contributed by atoms with van der Waals surface area (Å²) in [7, 11) is 0. The molecule has 0 N–H and O–H groups in total. The van der Waals surface area contributed by atoms with Gasteiger partial charge in [0.15, 0.2) is 0 Å². The third-order valence-electron chi connectivity index (χ3n) is 4.78. The fourth-order valence-electron chi connectivity index (χ4n) is 3.38. The van der Waals surface area contributed by atoms with Crippen LogP contribution in [0.4, 0.5) is 8.78 Å². The molecular formula is C19H22F2N2O3. The summed E-state index contributed by atoms with van der Waals surface area (Å²) in [6.07, 6.45) is 6.40. The molecule has 26 heavy (non-hydrogen) atoms. The quantitative estimate of drug-likeness (QED) is 0.772. The van der Waals surface area contributed by atoms with Crippen molar-refractivity contribution in [1.82, 2.24) is 9.80 Å². The lowest BCUT2D eigenvalue weighted by Gasteiger charge is -2.24. The lowest BCUT2D eigenvalue weighted by Crippen LogP contribution is -2.39. The number of allylic oxidation sites excluding steroid dienone is 2. The normalized spacial score (nSPS) is 18.3. The summed E-state index contributed by atoms with van der Waals surface area (Å²) in [5, 5.41) is 0. The average Bonchev–Trinajstić information content (AvgIpc) is 3.05. The lowest BCUT2D eigenvalue weighted by atomic mass is 10.1. The number of benzene rings is 1. The van der Waals surface area contributed by atoms with E-state index in [-0.39, 0.29) is 23.5 Å². The maximum atomic E-state index is 12.6. The van der Waals surface area contributed by atoms with E-state index < -0.39 is 6.61 Å². The summed E-state index contributed by atoms with van der Waals surface area (Å²) in [6.45, 7) is -0.671. The molecule has 1 aliphatic heterocycles. The van der Waals surface area contributed by atoms with Gasteiger partial charge in [0.2, 0.25) is 5.91 Å². The smallest absolute Gasteiger partial charge is 0.387 e. The second-order valence-corrected chi connectivity index (χ2v) is 6.51. The van der Waals surface area contributed by atoms with E-state index in [4.69, 9.17) is 0 Å². The van der Waals surface area contributed by atoms with Crippen LogP contribution < -0.4 is 4.74 Å². The molecule has 0 radical (unpaired) electrons. The van der Waals surface area contributed by atoms with Gasteiger partial charge in [-0.05, 0) is 43.5 Å². The van der Waals surface area contributed by atoms with E-state index in [2.05, 4.69) is 4.74 Å². The van der Waals surface area contributed by atoms with Crippen LogP contribution in [0.3, 0.4) is 0 Å². The Labute approximate surface area is 151 Å². The van der Waals surface area contributed by atoms with Gasteiger partial charge in [-0.1, -0.05) is 12.2 Å². The zero-order valence-corrected chi connectivity index (χ0v) is 14.4. The molecule has 7 heteroatoms. The van der Waals surface area contributed by atoms with E-state index >= 15 is 0 Å². The van der Waals surface area contributed by atoms with E-state index in [1.54, 1.807) is 4.90 Å². The van der Waals surface area contributed by atoms with Gasteiger partial charge >= 0.3 is 6.61 Å². The number of amides is 2. The molecule has 1 aromatic rings. The Morgan fingerprint density at radius 2 is 1.58 bits per heavy atom. The van der Waals surface area contributed by atoms with Crippen LogP contribution in [0.5, 0.6) is 5.75 Å². The van der Waals surface area contributed by atoms with Gasteiger partial charge in [-0.25, -0.2) is 0 Å². The van der Waals surface area contributed by atoms with Crippen molar-refractivity contribution in [2.24, 2.45) is 5.92 Å². The van der Waals surface area contributed by atoms with Gasteiger partial charge in [-0.2, -0.15) is 8.78 Å². The third-order valence-corrected chi connectivity index (χ3v) is 4.78. The zero-order chi connectivity index (χ0) is 18.5. The first-order chi connectivity index (χ1) is 12.5. The van der Waals surface area contributed by atoms with Crippen LogP contribution in [0, 0.1) is 5.92 Å². The van der Waals surface area contributed by atoms with Gasteiger partial charge in [-0.15, -0.1) is 0 Å². The number of carbonyl (C=O) groups is 2. The van der Waals surface area contributed by atoms with Crippen molar-refractivity contribution < 1.29 is 23.1 Å². The molecule has 0 atom stereocenters. The van der Waals surface area contributed by atoms with Crippen LogP contribution in [0.15, 0.2) is 36.4 Å². The minimum atomic E-state index is -2.89. The standard InChI is InChI=1S/C19H22F2N2O3/c20-19(21)26-16-8-6-15(7-9-16)18(25)23-11-3-10-22(12-13-23)17(24)14-4-1-2-5-14/h1-2,6-9,14,19H,3-5,10-13H2. The van der Waals surface area contributed by atoms with Gasteiger partial charge in [-0.3, -0.25) is 9.59 Å². The summed E-state index contributed by atoms with van der Waals surface area (Å²) >= 11 is 0. The summed E-state index contributed by atoms with van der Waals surface area (Å²) in [6, 6.07) is 5.69. The molecule has 0 spiro atoms. The van der Waals surface area contributed by atoms with E-state index in [9.17, 15) is 18.4 Å². The number of ether oxygens (including phenoxy) is 1. The predicted molar refractivity (Wildman–Crippen MR) is 92.0 cm³/mol. The summed E-state index contributed by atoms with van der Waals surface area (Å²) < 4.78 is 28.7. The Bertz CT molecular complexity index is 668. The number of rotatable bonds is 4. The van der Waals surface area contributed by atoms with Gasteiger partial charge in [0, 0.05) is 37.7 Å². The Morgan fingerprint density at radius 1 is 0.962 bits per heavy atom. The summed E-state index contributed by atoms with van der Waals surface area (Å²) in [5.41, 5.74) is 0.423. The highest BCUT2D eigenvalue weighted by Crippen LogP contribution is 2.22. The molecule has 5 nitrogen and oxygen atoms in total. The van der Waals surface area contributed by atoms with Crippen LogP contribution in [0.1, 0.15) is 29.6 Å². The first-order valence-electron chi connectivity index (χ1n) is 8.82. The molecule has 0 aromatic heterocycles. The van der Waals surface area contributed by atoms with Crippen molar-refractivity contribution in [3.05, 3.63) is 42.0 Å². The molecule has 0 unspecified atom stereocenters. The van der Waals surface area contributed by atoms with Crippen LogP contribution in [-0.4, -0.2) is 54.4 Å². The fourth-order valence-corrected chi connectivity index (χ4v) is 3.38. The molecule has 0 bridgehead atoms. The number of hydrogen-bond donors (Lipinski definition) is 0. The topological polar surface area (TPSA) is 49.9 Å². The average molecular weight is 364 g/mol. The lowest BCUT2D eigenvalue weighted by molar-refractivity contribution is -0.135. The molecule has 1 fully saturated rings. The minimum Gasteiger partial charge on any atom is -0.435 e. The van der Waals surface area contributed by atoms with Gasteiger partial charge < -0.3 is 14.5 Å². The number of alkyl halides is 2. The van der Waals surface area contributed by atoms with Crippen LogP contribution >= 0.6 is 0 Å². The monoisotopic (exact) mass is 364 g/mol. The number of hydrogen-bond acceptors (Lipinski definition) is 3. The second kappa shape index (κ2) is 8.29. The highest BCUT2D eigenvalue weighted by atomic mass is 19.3. The van der Waals surface area contributed by atoms with E-state index in [0.717, 1.165) is 19.3 Å². The first-order valence-corrected chi connectivity index (χ1v) is 8.82. The maximum Gasteiger partial charge on any atom is 0.387 e. The van der Waals surface area contributed by atoms with Crippen molar-refractivity contribution >= 4 is 11.8 Å². The Hall–Kier alpha value is -2.44. The van der Waals surface area contributed by atoms with Crippen LogP contribution in [0.25, 0.3) is 0 Å². The first kappa shape index (κ1) is 18.4. The molecule has 1 aliphatic carbocycles. The SMILES string of the molecule is O=C(c1ccc(OC(F)F)cc1)N1CCCN(C(=O)C2CC=CC2)CC1. The maximum absolute atomic E-state index is 12.6. The van der Waals surface area contributed by atoms with Gasteiger partial charge in [0.1, 0.15) is 5.75 Å². The zero-order valence-electron chi connectivity index (χ0n) is 14.4. The van der Waals surface area contributed by atoms with Crippen molar-refractivity contribution in [3.8, 4) is 5.75 Å². The van der Waals surface area contributed by atoms with Crippen molar-refractivity contribution in [1.29, 1.82) is 0 Å². The Kier molecular flexibility index (Phi) is 5.85. The molecule has 1 saturated heterocycles. The molecule has 2 aliphatic rings. The van der Waals surface area contributed by atoms with E-state index in [1.807, 2.05) is 17.1 Å². The molecule has 2 amide bonds. The molecule has 1 aromatic carbocycles. The molecule has 1 heterocycles. The molecule has 0 saturated carbocycles. The third kappa shape index (κ3) is 4.39. The van der Waals surface area contributed by atoms with E-state index in [1.165, 1.54) is 24.3 Å². The molecular weight excluding hydrogens is 342 g/mol. The van der Waals surface area contributed by atoms with Gasteiger partial charge in [0.05, 0.1) is 0 Å². The van der Waals surface area contributed by atoms with Crippen molar-refractivity contribution in [2.45, 2.75) is 25.9 Å². The second-order valence-electron chi connectivity index (χ2n) is 6.51. The summed E-state index contributed by atoms with van der Waals surface area (Å²) in [5.74, 6) is 0.0669. The highest BCUT2D eigenvalue weighted by molar-refractivity contribution is 5.94. The predicted octanol–water partition coefficient (Wildman–Crippen LogP) is 2.93. The fraction of sp³-hybridized carbons (Fsp3) is 0.474. The Morgan fingerprint density at radius 3 is 2.23 bits per heavy atom. The van der Waals surface area contributed by atoms with Crippen molar-refractivity contribution in [3.63, 3.8) is 0 Å². The van der Waals surface area contributed by atoms with Gasteiger partial charge in [0.25, 0.3) is 5.91 Å². The van der Waals surface area contributed by atoms with Crippen molar-refractivity contribution in [2.75, 3.05) is 26.2 Å². The van der Waals surface area contributed by atoms with E-state index in [0.29, 0.717) is 31.7 Å².